The summed E-state index contributed by atoms with van der Waals surface area (Å²) in [5.74, 6) is 0.786. The summed E-state index contributed by atoms with van der Waals surface area (Å²) in [6.45, 7) is 6.39. The van der Waals surface area contributed by atoms with E-state index in [9.17, 15) is 4.79 Å². The maximum atomic E-state index is 12.2. The predicted octanol–water partition coefficient (Wildman–Crippen LogP) is 0.916. The Kier molecular flexibility index (Phi) is 4.40. The fourth-order valence-corrected chi connectivity index (χ4v) is 2.93. The molecular formula is C13H24N2O2. The van der Waals surface area contributed by atoms with Crippen molar-refractivity contribution in [3.63, 3.8) is 0 Å². The Morgan fingerprint density at radius 1 is 1.29 bits per heavy atom. The zero-order valence-corrected chi connectivity index (χ0v) is 10.9. The fraction of sp³-hybridized carbons (Fsp3) is 0.923. The molecule has 2 rings (SSSR count). The van der Waals surface area contributed by atoms with Crippen LogP contribution in [0.1, 0.15) is 33.1 Å². The number of amides is 1. The second kappa shape index (κ2) is 5.83. The van der Waals surface area contributed by atoms with Crippen molar-refractivity contribution >= 4 is 5.91 Å². The number of hydrogen-bond donors (Lipinski definition) is 2. The second-order valence-corrected chi connectivity index (χ2v) is 5.33. The third-order valence-electron chi connectivity index (χ3n) is 4.07. The largest absolute Gasteiger partial charge is 0.379 e. The van der Waals surface area contributed by atoms with Crippen molar-refractivity contribution in [2.75, 3.05) is 19.8 Å². The molecule has 0 aromatic heterocycles. The second-order valence-electron chi connectivity index (χ2n) is 5.33. The Morgan fingerprint density at radius 2 is 2.12 bits per heavy atom. The summed E-state index contributed by atoms with van der Waals surface area (Å²) in [7, 11) is 0. The lowest BCUT2D eigenvalue weighted by Gasteiger charge is -2.22. The number of ether oxygens (including phenoxy) is 1. The smallest absolute Gasteiger partial charge is 0.227 e. The minimum atomic E-state index is -0.0113. The lowest BCUT2D eigenvalue weighted by Crippen LogP contribution is -2.47. The van der Waals surface area contributed by atoms with Crippen LogP contribution < -0.4 is 10.6 Å². The van der Waals surface area contributed by atoms with E-state index in [0.29, 0.717) is 25.2 Å². The highest BCUT2D eigenvalue weighted by atomic mass is 16.5. The van der Waals surface area contributed by atoms with E-state index < -0.39 is 0 Å². The average Bonchev–Trinajstić information content (AvgIpc) is 2.89. The SMILES string of the molecule is CCNC1COCC1C(=O)NC1CCCC1C. The van der Waals surface area contributed by atoms with Crippen LogP contribution in [0.4, 0.5) is 0 Å². The van der Waals surface area contributed by atoms with Crippen molar-refractivity contribution in [1.82, 2.24) is 10.6 Å². The van der Waals surface area contributed by atoms with Gasteiger partial charge in [-0.1, -0.05) is 20.3 Å². The maximum Gasteiger partial charge on any atom is 0.227 e. The van der Waals surface area contributed by atoms with E-state index in [1.54, 1.807) is 0 Å². The number of nitrogens with one attached hydrogen (secondary N) is 2. The van der Waals surface area contributed by atoms with Gasteiger partial charge in [0, 0.05) is 12.1 Å². The molecule has 4 heteroatoms. The molecule has 0 spiro atoms. The van der Waals surface area contributed by atoms with E-state index in [2.05, 4.69) is 24.5 Å². The zero-order chi connectivity index (χ0) is 12.3. The van der Waals surface area contributed by atoms with Crippen LogP contribution in [0.15, 0.2) is 0 Å². The molecule has 0 radical (unpaired) electrons. The van der Waals surface area contributed by atoms with E-state index in [-0.39, 0.29) is 17.9 Å². The van der Waals surface area contributed by atoms with Crippen LogP contribution in [-0.2, 0) is 9.53 Å². The molecule has 4 nitrogen and oxygen atoms in total. The van der Waals surface area contributed by atoms with Crippen molar-refractivity contribution in [3.05, 3.63) is 0 Å². The van der Waals surface area contributed by atoms with Gasteiger partial charge in [-0.3, -0.25) is 4.79 Å². The predicted molar refractivity (Wildman–Crippen MR) is 66.7 cm³/mol. The molecule has 2 fully saturated rings. The Bertz CT molecular complexity index is 270. The molecule has 1 saturated heterocycles. The van der Waals surface area contributed by atoms with Crippen molar-refractivity contribution in [2.45, 2.75) is 45.2 Å². The van der Waals surface area contributed by atoms with Gasteiger partial charge in [-0.25, -0.2) is 0 Å². The van der Waals surface area contributed by atoms with Gasteiger partial charge < -0.3 is 15.4 Å². The molecule has 98 valence electrons. The van der Waals surface area contributed by atoms with E-state index >= 15 is 0 Å². The minimum Gasteiger partial charge on any atom is -0.379 e. The quantitative estimate of drug-likeness (QED) is 0.768. The van der Waals surface area contributed by atoms with Gasteiger partial charge in [0.25, 0.3) is 0 Å². The molecule has 0 bridgehead atoms. The summed E-state index contributed by atoms with van der Waals surface area (Å²) in [5.41, 5.74) is 0. The summed E-state index contributed by atoms with van der Waals surface area (Å²) in [5, 5.41) is 6.53. The van der Waals surface area contributed by atoms with Crippen molar-refractivity contribution in [3.8, 4) is 0 Å². The molecule has 0 aromatic rings. The number of carbonyl (C=O) groups is 1. The summed E-state index contributed by atoms with van der Waals surface area (Å²) >= 11 is 0. The van der Waals surface area contributed by atoms with Crippen molar-refractivity contribution in [2.24, 2.45) is 11.8 Å². The summed E-state index contributed by atoms with van der Waals surface area (Å²) in [4.78, 5) is 12.2. The van der Waals surface area contributed by atoms with Crippen LogP contribution in [0.3, 0.4) is 0 Å². The van der Waals surface area contributed by atoms with Gasteiger partial charge in [0.15, 0.2) is 0 Å². The molecule has 1 heterocycles. The molecular weight excluding hydrogens is 216 g/mol. The van der Waals surface area contributed by atoms with Crippen LogP contribution in [0.5, 0.6) is 0 Å². The summed E-state index contributed by atoms with van der Waals surface area (Å²) in [6.07, 6.45) is 3.61. The summed E-state index contributed by atoms with van der Waals surface area (Å²) < 4.78 is 5.41. The van der Waals surface area contributed by atoms with E-state index in [4.69, 9.17) is 4.74 Å². The van der Waals surface area contributed by atoms with Crippen LogP contribution in [0.2, 0.25) is 0 Å². The molecule has 2 aliphatic rings. The van der Waals surface area contributed by atoms with Gasteiger partial charge in [0.2, 0.25) is 5.91 Å². The Balaban J connectivity index is 1.86. The molecule has 0 aromatic carbocycles. The lowest BCUT2D eigenvalue weighted by molar-refractivity contribution is -0.126. The molecule has 1 amide bonds. The third-order valence-corrected chi connectivity index (χ3v) is 4.07. The Hall–Kier alpha value is -0.610. The first kappa shape index (κ1) is 12.8. The first-order chi connectivity index (χ1) is 8.22. The monoisotopic (exact) mass is 240 g/mol. The van der Waals surface area contributed by atoms with Gasteiger partial charge in [0.1, 0.15) is 0 Å². The molecule has 2 N–H and O–H groups in total. The van der Waals surface area contributed by atoms with E-state index in [1.807, 2.05) is 0 Å². The van der Waals surface area contributed by atoms with E-state index in [0.717, 1.165) is 13.0 Å². The van der Waals surface area contributed by atoms with Gasteiger partial charge in [-0.15, -0.1) is 0 Å². The minimum absolute atomic E-state index is 0.0113. The van der Waals surface area contributed by atoms with Gasteiger partial charge in [-0.05, 0) is 25.3 Å². The van der Waals surface area contributed by atoms with Gasteiger partial charge in [0.05, 0.1) is 19.1 Å². The Morgan fingerprint density at radius 3 is 2.76 bits per heavy atom. The third kappa shape index (κ3) is 2.99. The summed E-state index contributed by atoms with van der Waals surface area (Å²) in [6, 6.07) is 0.571. The van der Waals surface area contributed by atoms with Gasteiger partial charge >= 0.3 is 0 Å². The molecule has 4 atom stereocenters. The zero-order valence-electron chi connectivity index (χ0n) is 10.9. The topological polar surface area (TPSA) is 50.4 Å². The highest BCUT2D eigenvalue weighted by Crippen LogP contribution is 2.25. The van der Waals surface area contributed by atoms with Gasteiger partial charge in [-0.2, -0.15) is 0 Å². The molecule has 17 heavy (non-hydrogen) atoms. The first-order valence-corrected chi connectivity index (χ1v) is 6.84. The molecule has 1 aliphatic heterocycles. The number of hydrogen-bond acceptors (Lipinski definition) is 3. The highest BCUT2D eigenvalue weighted by Gasteiger charge is 2.35. The standard InChI is InChI=1S/C13H24N2O2/c1-3-14-12-8-17-7-10(12)13(16)15-11-6-4-5-9(11)2/h9-12,14H,3-8H2,1-2H3,(H,15,16). The number of carbonyl (C=O) groups excluding carboxylic acids is 1. The maximum absolute atomic E-state index is 12.2. The normalized spacial score (nSPS) is 37.3. The van der Waals surface area contributed by atoms with Crippen LogP contribution in [0.25, 0.3) is 0 Å². The molecule has 1 saturated carbocycles. The van der Waals surface area contributed by atoms with Crippen molar-refractivity contribution in [1.29, 1.82) is 0 Å². The first-order valence-electron chi connectivity index (χ1n) is 6.84. The Labute approximate surface area is 103 Å². The number of likely N-dealkylation sites (N-methyl/N-ethyl adjacent to an activating group) is 1. The number of rotatable bonds is 4. The lowest BCUT2D eigenvalue weighted by atomic mass is 10.0. The fourth-order valence-electron chi connectivity index (χ4n) is 2.93. The van der Waals surface area contributed by atoms with Crippen LogP contribution >= 0.6 is 0 Å². The van der Waals surface area contributed by atoms with Crippen LogP contribution in [-0.4, -0.2) is 37.7 Å². The van der Waals surface area contributed by atoms with E-state index in [1.165, 1.54) is 12.8 Å². The average molecular weight is 240 g/mol. The van der Waals surface area contributed by atoms with Crippen molar-refractivity contribution < 1.29 is 9.53 Å². The molecule has 1 aliphatic carbocycles. The van der Waals surface area contributed by atoms with Crippen LogP contribution in [0, 0.1) is 11.8 Å². The highest BCUT2D eigenvalue weighted by molar-refractivity contribution is 5.80. The molecule has 4 unspecified atom stereocenters.